The van der Waals surface area contributed by atoms with E-state index in [0.717, 1.165) is 11.3 Å². The van der Waals surface area contributed by atoms with Gasteiger partial charge in [-0.3, -0.25) is 0 Å². The Morgan fingerprint density at radius 3 is 2.39 bits per heavy atom. The molecule has 96 valence electrons. The maximum Gasteiger partial charge on any atom is 0.123 e. The Morgan fingerprint density at radius 1 is 1.17 bits per heavy atom. The fourth-order valence-electron chi connectivity index (χ4n) is 2.02. The Hall–Kier alpha value is -1.26. The molecule has 1 aromatic carbocycles. The lowest BCUT2D eigenvalue weighted by atomic mass is 10.1. The summed E-state index contributed by atoms with van der Waals surface area (Å²) in [6.45, 7) is 6.23. The standard InChI is InChI=1S/C14H17FN2S/c1-9(12-4-6-13(15)7-5-12)17-11(3)14-10(2)16-8-18-14/h4-9,11,17H,1-3H3/t9-,11?/m0/s1. The number of hydrogen-bond acceptors (Lipinski definition) is 3. The number of nitrogens with one attached hydrogen (secondary N) is 1. The first-order chi connectivity index (χ1) is 8.58. The van der Waals surface area contributed by atoms with E-state index in [-0.39, 0.29) is 17.9 Å². The van der Waals surface area contributed by atoms with Gasteiger partial charge in [-0.1, -0.05) is 12.1 Å². The second-order valence-electron chi connectivity index (χ2n) is 4.46. The van der Waals surface area contributed by atoms with Crippen molar-refractivity contribution in [3.8, 4) is 0 Å². The molecule has 0 amide bonds. The highest BCUT2D eigenvalue weighted by atomic mass is 32.1. The molecule has 0 fully saturated rings. The lowest BCUT2D eigenvalue weighted by Gasteiger charge is -2.20. The van der Waals surface area contributed by atoms with Gasteiger partial charge in [0.25, 0.3) is 0 Å². The molecule has 0 aliphatic heterocycles. The van der Waals surface area contributed by atoms with Gasteiger partial charge in [-0.05, 0) is 38.5 Å². The molecule has 0 aliphatic rings. The van der Waals surface area contributed by atoms with Crippen LogP contribution in [0.15, 0.2) is 29.8 Å². The average molecular weight is 264 g/mol. The van der Waals surface area contributed by atoms with E-state index in [2.05, 4.69) is 24.1 Å². The zero-order valence-electron chi connectivity index (χ0n) is 10.8. The summed E-state index contributed by atoms with van der Waals surface area (Å²) in [5.41, 5.74) is 4.03. The van der Waals surface area contributed by atoms with Crippen LogP contribution >= 0.6 is 11.3 Å². The maximum atomic E-state index is 12.9. The Morgan fingerprint density at radius 2 is 1.83 bits per heavy atom. The Balaban J connectivity index is 2.05. The van der Waals surface area contributed by atoms with Crippen LogP contribution in [0.2, 0.25) is 0 Å². The van der Waals surface area contributed by atoms with E-state index >= 15 is 0 Å². The summed E-state index contributed by atoms with van der Waals surface area (Å²) in [5, 5.41) is 3.51. The van der Waals surface area contributed by atoms with Crippen LogP contribution in [-0.4, -0.2) is 4.98 Å². The highest BCUT2D eigenvalue weighted by Gasteiger charge is 2.14. The third-order valence-corrected chi connectivity index (χ3v) is 4.16. The molecule has 2 nitrogen and oxygen atoms in total. The van der Waals surface area contributed by atoms with Crippen molar-refractivity contribution in [3.63, 3.8) is 0 Å². The topological polar surface area (TPSA) is 24.9 Å². The van der Waals surface area contributed by atoms with Crippen LogP contribution in [0.25, 0.3) is 0 Å². The number of aromatic nitrogens is 1. The Bertz CT molecular complexity index is 507. The van der Waals surface area contributed by atoms with Gasteiger partial charge in [0.2, 0.25) is 0 Å². The first kappa shape index (κ1) is 13.2. The van der Waals surface area contributed by atoms with Crippen molar-refractivity contribution < 1.29 is 4.39 Å². The van der Waals surface area contributed by atoms with Crippen molar-refractivity contribution in [2.75, 3.05) is 0 Å². The first-order valence-corrected chi connectivity index (χ1v) is 6.87. The number of nitrogens with zero attached hydrogens (tertiary/aromatic N) is 1. The molecule has 0 saturated heterocycles. The summed E-state index contributed by atoms with van der Waals surface area (Å²) >= 11 is 1.66. The molecule has 2 atom stereocenters. The number of benzene rings is 1. The first-order valence-electron chi connectivity index (χ1n) is 5.99. The van der Waals surface area contributed by atoms with E-state index in [4.69, 9.17) is 0 Å². The largest absolute Gasteiger partial charge is 0.303 e. The number of rotatable bonds is 4. The van der Waals surface area contributed by atoms with Crippen LogP contribution in [-0.2, 0) is 0 Å². The Kier molecular flexibility index (Phi) is 4.09. The van der Waals surface area contributed by atoms with E-state index in [1.807, 2.05) is 24.6 Å². The monoisotopic (exact) mass is 264 g/mol. The molecule has 0 spiro atoms. The zero-order chi connectivity index (χ0) is 13.1. The summed E-state index contributed by atoms with van der Waals surface area (Å²) in [7, 11) is 0. The molecule has 4 heteroatoms. The fourth-order valence-corrected chi connectivity index (χ4v) is 2.84. The molecule has 0 aliphatic carbocycles. The third kappa shape index (κ3) is 2.94. The minimum Gasteiger partial charge on any atom is -0.303 e. The van der Waals surface area contributed by atoms with Crippen LogP contribution in [0.1, 0.15) is 42.1 Å². The van der Waals surface area contributed by atoms with Crippen molar-refractivity contribution in [2.24, 2.45) is 0 Å². The quantitative estimate of drug-likeness (QED) is 0.902. The number of hydrogen-bond donors (Lipinski definition) is 1. The SMILES string of the molecule is Cc1ncsc1C(C)N[C@@H](C)c1ccc(F)cc1. The summed E-state index contributed by atoms with van der Waals surface area (Å²) in [4.78, 5) is 5.51. The summed E-state index contributed by atoms with van der Waals surface area (Å²) in [5.74, 6) is -0.197. The molecule has 0 saturated carbocycles. The number of thiazole rings is 1. The van der Waals surface area contributed by atoms with Crippen molar-refractivity contribution in [1.82, 2.24) is 10.3 Å². The minimum absolute atomic E-state index is 0.182. The Labute approximate surface area is 111 Å². The summed E-state index contributed by atoms with van der Waals surface area (Å²) in [6, 6.07) is 7.06. The van der Waals surface area contributed by atoms with Gasteiger partial charge >= 0.3 is 0 Å². The second kappa shape index (κ2) is 5.59. The van der Waals surface area contributed by atoms with Crippen molar-refractivity contribution >= 4 is 11.3 Å². The van der Waals surface area contributed by atoms with Crippen LogP contribution < -0.4 is 5.32 Å². The van der Waals surface area contributed by atoms with Crippen LogP contribution in [0.4, 0.5) is 4.39 Å². The maximum absolute atomic E-state index is 12.9. The van der Waals surface area contributed by atoms with Gasteiger partial charge in [-0.2, -0.15) is 0 Å². The van der Waals surface area contributed by atoms with Crippen LogP contribution in [0.5, 0.6) is 0 Å². The molecule has 0 radical (unpaired) electrons. The van der Waals surface area contributed by atoms with Gasteiger partial charge in [0.1, 0.15) is 5.82 Å². The highest BCUT2D eigenvalue weighted by molar-refractivity contribution is 7.09. The molecule has 2 aromatic rings. The number of halogens is 1. The molecule has 0 bridgehead atoms. The predicted octanol–water partition coefficient (Wildman–Crippen LogP) is 4.00. The lowest BCUT2D eigenvalue weighted by Crippen LogP contribution is -2.22. The summed E-state index contributed by atoms with van der Waals surface area (Å²) in [6.07, 6.45) is 0. The molecule has 1 unspecified atom stereocenters. The molecule has 1 N–H and O–H groups in total. The van der Waals surface area contributed by atoms with E-state index in [9.17, 15) is 4.39 Å². The highest BCUT2D eigenvalue weighted by Crippen LogP contribution is 2.24. The van der Waals surface area contributed by atoms with E-state index in [1.165, 1.54) is 17.0 Å². The van der Waals surface area contributed by atoms with E-state index in [0.29, 0.717) is 0 Å². The zero-order valence-corrected chi connectivity index (χ0v) is 11.6. The van der Waals surface area contributed by atoms with Gasteiger partial charge in [-0.15, -0.1) is 11.3 Å². The van der Waals surface area contributed by atoms with Crippen molar-refractivity contribution in [1.29, 1.82) is 0 Å². The number of aryl methyl sites for hydroxylation is 1. The van der Waals surface area contributed by atoms with Crippen molar-refractivity contribution in [3.05, 3.63) is 51.7 Å². The third-order valence-electron chi connectivity index (χ3n) is 3.05. The van der Waals surface area contributed by atoms with E-state index in [1.54, 1.807) is 11.3 Å². The molecule has 18 heavy (non-hydrogen) atoms. The average Bonchev–Trinajstić information content (AvgIpc) is 2.76. The molecule has 1 heterocycles. The fraction of sp³-hybridized carbons (Fsp3) is 0.357. The minimum atomic E-state index is -0.197. The molecule has 2 rings (SSSR count). The van der Waals surface area contributed by atoms with Gasteiger partial charge in [-0.25, -0.2) is 9.37 Å². The van der Waals surface area contributed by atoms with E-state index < -0.39 is 0 Å². The van der Waals surface area contributed by atoms with Crippen LogP contribution in [0, 0.1) is 12.7 Å². The lowest BCUT2D eigenvalue weighted by molar-refractivity contribution is 0.497. The van der Waals surface area contributed by atoms with Crippen molar-refractivity contribution in [2.45, 2.75) is 32.9 Å². The van der Waals surface area contributed by atoms with Gasteiger partial charge in [0, 0.05) is 17.0 Å². The van der Waals surface area contributed by atoms with Gasteiger partial charge in [0.05, 0.1) is 11.2 Å². The van der Waals surface area contributed by atoms with Gasteiger partial charge < -0.3 is 5.32 Å². The normalized spacial score (nSPS) is 14.4. The molecular weight excluding hydrogens is 247 g/mol. The predicted molar refractivity (Wildman–Crippen MR) is 73.2 cm³/mol. The summed E-state index contributed by atoms with van der Waals surface area (Å²) < 4.78 is 12.9. The smallest absolute Gasteiger partial charge is 0.123 e. The van der Waals surface area contributed by atoms with Gasteiger partial charge in [0.15, 0.2) is 0 Å². The van der Waals surface area contributed by atoms with Crippen LogP contribution in [0.3, 0.4) is 0 Å². The molecular formula is C14H17FN2S. The molecule has 1 aromatic heterocycles. The second-order valence-corrected chi connectivity index (χ2v) is 5.35.